The second kappa shape index (κ2) is 11.8. The number of aromatic nitrogens is 4. The van der Waals surface area contributed by atoms with E-state index in [1.807, 2.05) is 0 Å². The summed E-state index contributed by atoms with van der Waals surface area (Å²) in [6, 6.07) is 6.93. The number of nitrogens with two attached hydrogens (primary N) is 1. The van der Waals surface area contributed by atoms with Gasteiger partial charge in [-0.1, -0.05) is 29.8 Å². The minimum Gasteiger partial charge on any atom is -0.462 e. The minimum absolute atomic E-state index is 0.0931. The number of esters is 1. The molecule has 2 aromatic heterocycles. The molecule has 40 heavy (non-hydrogen) atoms. The maximum atomic E-state index is 15.7. The molecule has 2 unspecified atom stereocenters. The van der Waals surface area contributed by atoms with Gasteiger partial charge in [-0.05, 0) is 32.9 Å². The van der Waals surface area contributed by atoms with Gasteiger partial charge in [-0.15, -0.1) is 0 Å². The largest absolute Gasteiger partial charge is 0.462 e. The van der Waals surface area contributed by atoms with E-state index < -0.39 is 56.0 Å². The normalized spacial score (nSPS) is 25.1. The maximum Gasteiger partial charge on any atom is 0.459 e. The molecule has 1 aliphatic rings. The zero-order chi connectivity index (χ0) is 29.2. The summed E-state index contributed by atoms with van der Waals surface area (Å²) in [7, 11) is -2.73. The zero-order valence-electron chi connectivity index (χ0n) is 22.0. The summed E-state index contributed by atoms with van der Waals surface area (Å²) in [5, 5.41) is 13.2. The average Bonchev–Trinajstić information content (AvgIpc) is 3.40. The fourth-order valence-corrected chi connectivity index (χ4v) is 5.69. The van der Waals surface area contributed by atoms with E-state index in [1.54, 1.807) is 39.1 Å². The Morgan fingerprint density at radius 2 is 2.02 bits per heavy atom. The van der Waals surface area contributed by atoms with Crippen LogP contribution in [0.25, 0.3) is 11.2 Å². The van der Waals surface area contributed by atoms with Gasteiger partial charge in [0.15, 0.2) is 23.2 Å². The van der Waals surface area contributed by atoms with Gasteiger partial charge >= 0.3 is 13.7 Å². The molecule has 1 aromatic carbocycles. The third kappa shape index (κ3) is 6.29. The number of benzene rings is 1. The molecule has 0 amide bonds. The third-order valence-electron chi connectivity index (χ3n) is 5.74. The summed E-state index contributed by atoms with van der Waals surface area (Å²) in [4.78, 5) is 24.7. The topological polar surface area (TPSA) is 185 Å². The molecule has 3 aromatic rings. The van der Waals surface area contributed by atoms with E-state index in [-0.39, 0.29) is 28.7 Å². The van der Waals surface area contributed by atoms with Crippen LogP contribution in [0.3, 0.4) is 0 Å². The molecule has 0 spiro atoms. The Bertz CT molecular complexity index is 1400. The van der Waals surface area contributed by atoms with Gasteiger partial charge in [0.25, 0.3) is 5.13 Å². The highest BCUT2D eigenvalue weighted by Gasteiger charge is 2.58. The molecule has 1 saturated heterocycles. The minimum atomic E-state index is -4.32. The molecule has 3 heterocycles. The van der Waals surface area contributed by atoms with Crippen molar-refractivity contribution in [1.82, 2.24) is 24.6 Å². The van der Waals surface area contributed by atoms with Crippen molar-refractivity contribution in [2.24, 2.45) is 0 Å². The SMILES string of the molecule is CNc1nc(N)nc2c1ncn2[C@@H]1OC(CO[P@](=O)(NC(C)C(=O)OC(C)C)Oc2ccccc2)[C@@H](O)[C@]1(F)Cl. The van der Waals surface area contributed by atoms with Crippen molar-refractivity contribution in [3.05, 3.63) is 36.7 Å². The van der Waals surface area contributed by atoms with Gasteiger partial charge in [0.2, 0.25) is 5.95 Å². The van der Waals surface area contributed by atoms with Crippen LogP contribution in [0.4, 0.5) is 16.2 Å². The van der Waals surface area contributed by atoms with E-state index in [2.05, 4.69) is 25.4 Å². The molecule has 14 nitrogen and oxygen atoms in total. The number of fused-ring (bicyclic) bond motifs is 1. The summed E-state index contributed by atoms with van der Waals surface area (Å²) in [5.74, 6) is -0.376. The standard InChI is InChI=1S/C23H30ClFN7O7P/c1-12(2)37-20(34)13(3)31-40(35,39-14-8-6-5-7-9-14)36-10-15-17(33)23(24,25)21(38-15)32-11-28-16-18(27-4)29-22(26)30-19(16)32/h5-9,11-13,15,17,21,33H,10H2,1-4H3,(H,31,35)(H3,26,27,29,30)/t13?,15?,17-,21-,23-,40-/m1/s1. The van der Waals surface area contributed by atoms with Crippen LogP contribution in [-0.2, 0) is 23.4 Å². The molecule has 0 aliphatic carbocycles. The van der Waals surface area contributed by atoms with Crippen LogP contribution in [0.5, 0.6) is 5.75 Å². The average molecular weight is 602 g/mol. The highest BCUT2D eigenvalue weighted by Crippen LogP contribution is 2.49. The lowest BCUT2D eigenvalue weighted by atomic mass is 10.1. The van der Waals surface area contributed by atoms with E-state index in [4.69, 9.17) is 35.9 Å². The Morgan fingerprint density at radius 3 is 2.67 bits per heavy atom. The van der Waals surface area contributed by atoms with Crippen molar-refractivity contribution < 1.29 is 37.4 Å². The number of para-hydroxylation sites is 1. The number of imidazole rings is 1. The number of anilines is 2. The van der Waals surface area contributed by atoms with Crippen LogP contribution in [0.1, 0.15) is 27.0 Å². The molecule has 1 fully saturated rings. The van der Waals surface area contributed by atoms with Gasteiger partial charge in [-0.2, -0.15) is 15.1 Å². The van der Waals surface area contributed by atoms with Gasteiger partial charge in [0.1, 0.15) is 24.0 Å². The van der Waals surface area contributed by atoms with Crippen LogP contribution >= 0.6 is 19.3 Å². The first-order valence-electron chi connectivity index (χ1n) is 12.2. The molecular formula is C23H30ClFN7O7P. The number of rotatable bonds is 11. The quantitative estimate of drug-likeness (QED) is 0.143. The molecule has 0 radical (unpaired) electrons. The summed E-state index contributed by atoms with van der Waals surface area (Å²) in [5.41, 5.74) is 6.12. The first-order chi connectivity index (χ1) is 18.8. The van der Waals surface area contributed by atoms with Crippen molar-refractivity contribution in [2.75, 3.05) is 24.7 Å². The van der Waals surface area contributed by atoms with E-state index in [0.717, 1.165) is 4.57 Å². The van der Waals surface area contributed by atoms with Crippen LogP contribution in [-0.4, -0.2) is 73.7 Å². The third-order valence-corrected chi connectivity index (χ3v) is 7.80. The highest BCUT2D eigenvalue weighted by molar-refractivity contribution is 7.52. The fourth-order valence-electron chi connectivity index (χ4n) is 3.89. The van der Waals surface area contributed by atoms with Crippen LogP contribution in [0.2, 0.25) is 0 Å². The number of carbonyl (C=O) groups is 1. The Labute approximate surface area is 233 Å². The van der Waals surface area contributed by atoms with Gasteiger partial charge in [0.05, 0.1) is 19.0 Å². The summed E-state index contributed by atoms with van der Waals surface area (Å²) < 4.78 is 52.6. The van der Waals surface area contributed by atoms with Crippen molar-refractivity contribution in [2.45, 2.75) is 56.5 Å². The lowest BCUT2D eigenvalue weighted by Crippen LogP contribution is -2.40. The van der Waals surface area contributed by atoms with E-state index in [0.29, 0.717) is 0 Å². The molecule has 17 heteroatoms. The van der Waals surface area contributed by atoms with Crippen LogP contribution in [0, 0.1) is 0 Å². The number of hydrogen-bond acceptors (Lipinski definition) is 12. The van der Waals surface area contributed by atoms with Crippen molar-refractivity contribution in [3.8, 4) is 5.75 Å². The number of aliphatic hydroxyl groups excluding tert-OH is 1. The smallest absolute Gasteiger partial charge is 0.459 e. The maximum absolute atomic E-state index is 15.7. The Balaban J connectivity index is 1.56. The zero-order valence-corrected chi connectivity index (χ0v) is 23.7. The monoisotopic (exact) mass is 601 g/mol. The lowest BCUT2D eigenvalue weighted by Gasteiger charge is -2.25. The predicted molar refractivity (Wildman–Crippen MR) is 143 cm³/mol. The number of nitrogen functional groups attached to an aromatic ring is 1. The molecule has 4 rings (SSSR count). The van der Waals surface area contributed by atoms with E-state index >= 15 is 4.39 Å². The Hall–Kier alpha value is -3.07. The summed E-state index contributed by atoms with van der Waals surface area (Å²) in [6.45, 7) is 4.09. The number of alkyl halides is 2. The Morgan fingerprint density at radius 1 is 1.32 bits per heavy atom. The number of halogens is 2. The summed E-state index contributed by atoms with van der Waals surface area (Å²) in [6.07, 6.45) is -4.22. The number of ether oxygens (including phenoxy) is 2. The molecular weight excluding hydrogens is 572 g/mol. The van der Waals surface area contributed by atoms with Gasteiger partial charge in [0, 0.05) is 7.05 Å². The highest BCUT2D eigenvalue weighted by atomic mass is 35.5. The number of nitrogens with zero attached hydrogens (tertiary/aromatic N) is 4. The first kappa shape index (κ1) is 29.9. The second-order valence-corrected chi connectivity index (χ2v) is 11.5. The number of carbonyl (C=O) groups excluding carboxylic acids is 1. The molecule has 6 atom stereocenters. The molecule has 218 valence electrons. The molecule has 5 N–H and O–H groups in total. The number of nitrogens with one attached hydrogen (secondary N) is 2. The number of hydrogen-bond donors (Lipinski definition) is 4. The van der Waals surface area contributed by atoms with Crippen LogP contribution in [0.15, 0.2) is 36.7 Å². The van der Waals surface area contributed by atoms with E-state index in [9.17, 15) is 14.5 Å². The van der Waals surface area contributed by atoms with Gasteiger partial charge < -0.3 is 30.2 Å². The summed E-state index contributed by atoms with van der Waals surface area (Å²) >= 11 is 6.12. The fraction of sp³-hybridized carbons (Fsp3) is 0.478. The van der Waals surface area contributed by atoms with Crippen molar-refractivity contribution >= 4 is 48.2 Å². The molecule has 1 aliphatic heterocycles. The van der Waals surface area contributed by atoms with Crippen LogP contribution < -0.4 is 20.7 Å². The molecule has 0 saturated carbocycles. The van der Waals surface area contributed by atoms with E-state index in [1.165, 1.54) is 25.4 Å². The first-order valence-corrected chi connectivity index (χ1v) is 14.1. The second-order valence-electron chi connectivity index (χ2n) is 9.18. The van der Waals surface area contributed by atoms with Crippen molar-refractivity contribution in [3.63, 3.8) is 0 Å². The number of aliphatic hydroxyl groups is 1. The van der Waals surface area contributed by atoms with Gasteiger partial charge in [-0.25, -0.2) is 13.9 Å². The van der Waals surface area contributed by atoms with Crippen molar-refractivity contribution in [1.29, 1.82) is 0 Å². The van der Waals surface area contributed by atoms with Gasteiger partial charge in [-0.3, -0.25) is 13.9 Å². The predicted octanol–water partition coefficient (Wildman–Crippen LogP) is 2.75. The lowest BCUT2D eigenvalue weighted by molar-refractivity contribution is -0.149. The molecule has 0 bridgehead atoms. The Kier molecular flexibility index (Phi) is 8.83.